The van der Waals surface area contributed by atoms with Gasteiger partial charge in [-0.2, -0.15) is 5.11 Å². The molecule has 0 saturated heterocycles. The zero-order chi connectivity index (χ0) is 19.8. The molecule has 0 aliphatic heterocycles. The molecule has 0 amide bonds. The first-order valence-electron chi connectivity index (χ1n) is 9.61. The minimum Gasteiger partial charge on any atom is -0.385 e. The molecular formula is C22H24N4O2. The minimum atomic E-state index is -0.428. The molecule has 6 nitrogen and oxygen atoms in total. The first-order valence-corrected chi connectivity index (χ1v) is 9.61. The van der Waals surface area contributed by atoms with E-state index >= 15 is 0 Å². The van der Waals surface area contributed by atoms with Crippen LogP contribution in [0.5, 0.6) is 0 Å². The molecule has 3 aromatic carbocycles. The number of nitrogens with zero attached hydrogens (tertiary/aromatic N) is 3. The Hall–Kier alpha value is -3.28. The first-order chi connectivity index (χ1) is 13.7. The molecule has 0 aliphatic carbocycles. The number of anilines is 1. The maximum Gasteiger partial charge on any atom is 0.269 e. The van der Waals surface area contributed by atoms with E-state index < -0.39 is 4.92 Å². The van der Waals surface area contributed by atoms with E-state index in [4.69, 9.17) is 0 Å². The minimum absolute atomic E-state index is 0.0405. The zero-order valence-corrected chi connectivity index (χ0v) is 16.0. The molecule has 0 aromatic heterocycles. The molecule has 0 atom stereocenters. The summed E-state index contributed by atoms with van der Waals surface area (Å²) in [6.45, 7) is 3.17. The van der Waals surface area contributed by atoms with Gasteiger partial charge in [0.25, 0.3) is 5.69 Å². The lowest BCUT2D eigenvalue weighted by atomic mass is 10.1. The monoisotopic (exact) mass is 376 g/mol. The number of azo groups is 1. The summed E-state index contributed by atoms with van der Waals surface area (Å²) in [6.07, 6.45) is 4.90. The van der Waals surface area contributed by atoms with Gasteiger partial charge in [-0.25, -0.2) is 0 Å². The van der Waals surface area contributed by atoms with Crippen LogP contribution in [0.2, 0.25) is 0 Å². The van der Waals surface area contributed by atoms with Gasteiger partial charge in [-0.05, 0) is 30.7 Å². The lowest BCUT2D eigenvalue weighted by molar-refractivity contribution is -0.384. The second-order valence-electron chi connectivity index (χ2n) is 6.64. The lowest BCUT2D eigenvalue weighted by Gasteiger charge is -2.11. The van der Waals surface area contributed by atoms with Crippen LogP contribution in [0.3, 0.4) is 0 Å². The number of fused-ring (bicyclic) bond motifs is 1. The van der Waals surface area contributed by atoms with Gasteiger partial charge in [0, 0.05) is 35.1 Å². The standard InChI is InChI=1S/C22H24N4O2/c1-2-3-4-7-16-23-21-14-15-22(20-9-6-5-8-19(20)21)25-24-17-10-12-18(13-11-17)26(27)28/h5-6,8-15,23H,2-4,7,16H2,1H3. The van der Waals surface area contributed by atoms with Crippen molar-refractivity contribution in [2.75, 3.05) is 11.9 Å². The van der Waals surface area contributed by atoms with E-state index in [0.717, 1.165) is 35.1 Å². The van der Waals surface area contributed by atoms with Gasteiger partial charge in [0.15, 0.2) is 0 Å². The number of benzene rings is 3. The summed E-state index contributed by atoms with van der Waals surface area (Å²) < 4.78 is 0. The molecule has 1 N–H and O–H groups in total. The van der Waals surface area contributed by atoms with Crippen LogP contribution in [-0.2, 0) is 0 Å². The fourth-order valence-corrected chi connectivity index (χ4v) is 3.05. The van der Waals surface area contributed by atoms with Gasteiger partial charge in [0.2, 0.25) is 0 Å². The topological polar surface area (TPSA) is 79.9 Å². The maximum absolute atomic E-state index is 10.7. The van der Waals surface area contributed by atoms with Crippen molar-refractivity contribution in [3.8, 4) is 0 Å². The summed E-state index contributed by atoms with van der Waals surface area (Å²) in [5.74, 6) is 0. The molecule has 144 valence electrons. The summed E-state index contributed by atoms with van der Waals surface area (Å²) in [7, 11) is 0. The summed E-state index contributed by atoms with van der Waals surface area (Å²) in [5.41, 5.74) is 2.48. The summed E-state index contributed by atoms with van der Waals surface area (Å²) in [4.78, 5) is 10.3. The Bertz CT molecular complexity index is 968. The van der Waals surface area contributed by atoms with Crippen molar-refractivity contribution in [2.24, 2.45) is 10.2 Å². The van der Waals surface area contributed by atoms with Crippen molar-refractivity contribution < 1.29 is 4.92 Å². The van der Waals surface area contributed by atoms with E-state index in [2.05, 4.69) is 28.5 Å². The van der Waals surface area contributed by atoms with Crippen LogP contribution in [0, 0.1) is 10.1 Å². The number of nitro benzene ring substituents is 1. The average Bonchev–Trinajstić information content (AvgIpc) is 2.73. The molecule has 0 spiro atoms. The number of non-ortho nitro benzene ring substituents is 1. The molecule has 6 heteroatoms. The summed E-state index contributed by atoms with van der Waals surface area (Å²) in [6, 6.07) is 18.1. The number of hydrogen-bond acceptors (Lipinski definition) is 5. The molecule has 0 heterocycles. The number of nitro groups is 1. The van der Waals surface area contributed by atoms with Crippen LogP contribution >= 0.6 is 0 Å². The van der Waals surface area contributed by atoms with Crippen LogP contribution in [0.15, 0.2) is 70.9 Å². The number of rotatable bonds is 9. The van der Waals surface area contributed by atoms with Crippen LogP contribution < -0.4 is 5.32 Å². The van der Waals surface area contributed by atoms with Gasteiger partial charge in [-0.3, -0.25) is 10.1 Å². The Morgan fingerprint density at radius 2 is 1.64 bits per heavy atom. The molecule has 28 heavy (non-hydrogen) atoms. The van der Waals surface area contributed by atoms with E-state index in [1.54, 1.807) is 12.1 Å². The highest BCUT2D eigenvalue weighted by atomic mass is 16.6. The Morgan fingerprint density at radius 1 is 0.893 bits per heavy atom. The fourth-order valence-electron chi connectivity index (χ4n) is 3.05. The highest BCUT2D eigenvalue weighted by molar-refractivity contribution is 6.00. The van der Waals surface area contributed by atoms with Crippen molar-refractivity contribution in [1.82, 2.24) is 0 Å². The molecule has 3 rings (SSSR count). The maximum atomic E-state index is 10.7. The zero-order valence-electron chi connectivity index (χ0n) is 16.0. The summed E-state index contributed by atoms with van der Waals surface area (Å²) in [5, 5.41) is 25.0. The molecule has 0 unspecified atom stereocenters. The Morgan fingerprint density at radius 3 is 2.36 bits per heavy atom. The third kappa shape index (κ3) is 4.91. The van der Waals surface area contributed by atoms with Gasteiger partial charge in [0.1, 0.15) is 0 Å². The second-order valence-corrected chi connectivity index (χ2v) is 6.64. The van der Waals surface area contributed by atoms with Crippen molar-refractivity contribution in [3.63, 3.8) is 0 Å². The number of hydrogen-bond donors (Lipinski definition) is 1. The molecule has 0 saturated carbocycles. The van der Waals surface area contributed by atoms with Gasteiger partial charge in [0.05, 0.1) is 16.3 Å². The van der Waals surface area contributed by atoms with Crippen LogP contribution in [-0.4, -0.2) is 11.5 Å². The third-order valence-corrected chi connectivity index (χ3v) is 4.58. The van der Waals surface area contributed by atoms with E-state index in [1.165, 1.54) is 31.4 Å². The molecule has 0 radical (unpaired) electrons. The fraction of sp³-hybridized carbons (Fsp3) is 0.273. The molecule has 0 fully saturated rings. The lowest BCUT2D eigenvalue weighted by Crippen LogP contribution is -2.01. The largest absolute Gasteiger partial charge is 0.385 e. The normalized spacial score (nSPS) is 11.2. The van der Waals surface area contributed by atoms with Crippen molar-refractivity contribution >= 4 is 33.5 Å². The van der Waals surface area contributed by atoms with E-state index in [-0.39, 0.29) is 5.69 Å². The van der Waals surface area contributed by atoms with Gasteiger partial charge >= 0.3 is 0 Å². The number of nitrogens with one attached hydrogen (secondary N) is 1. The Labute approximate surface area is 164 Å². The average molecular weight is 376 g/mol. The van der Waals surface area contributed by atoms with Gasteiger partial charge in [-0.15, -0.1) is 5.11 Å². The smallest absolute Gasteiger partial charge is 0.269 e. The second kappa shape index (κ2) is 9.60. The van der Waals surface area contributed by atoms with Crippen molar-refractivity contribution in [3.05, 3.63) is 70.8 Å². The Kier molecular flexibility index (Phi) is 6.68. The molecule has 3 aromatic rings. The molecule has 0 bridgehead atoms. The molecular weight excluding hydrogens is 352 g/mol. The first kappa shape index (κ1) is 19.5. The van der Waals surface area contributed by atoms with Gasteiger partial charge in [-0.1, -0.05) is 50.5 Å². The predicted octanol–water partition coefficient (Wildman–Crippen LogP) is 7.16. The number of unbranched alkanes of at least 4 members (excludes halogenated alkanes) is 3. The summed E-state index contributed by atoms with van der Waals surface area (Å²) >= 11 is 0. The van der Waals surface area contributed by atoms with Gasteiger partial charge < -0.3 is 5.32 Å². The quantitative estimate of drug-likeness (QED) is 0.186. The van der Waals surface area contributed by atoms with Crippen molar-refractivity contribution in [2.45, 2.75) is 32.6 Å². The predicted molar refractivity (Wildman–Crippen MR) is 114 cm³/mol. The third-order valence-electron chi connectivity index (χ3n) is 4.58. The molecule has 0 aliphatic rings. The van der Waals surface area contributed by atoms with E-state index in [1.807, 2.05) is 30.3 Å². The van der Waals surface area contributed by atoms with E-state index in [9.17, 15) is 10.1 Å². The SMILES string of the molecule is CCCCCCNc1ccc(N=Nc2ccc([N+](=O)[O-])cc2)c2ccccc12. The van der Waals surface area contributed by atoms with Crippen LogP contribution in [0.25, 0.3) is 10.8 Å². The van der Waals surface area contributed by atoms with Crippen LogP contribution in [0.4, 0.5) is 22.7 Å². The van der Waals surface area contributed by atoms with Crippen molar-refractivity contribution in [1.29, 1.82) is 0 Å². The Balaban J connectivity index is 1.78. The highest BCUT2D eigenvalue weighted by Crippen LogP contribution is 2.33. The van der Waals surface area contributed by atoms with Crippen LogP contribution in [0.1, 0.15) is 32.6 Å². The highest BCUT2D eigenvalue weighted by Gasteiger charge is 2.06. The van der Waals surface area contributed by atoms with E-state index in [0.29, 0.717) is 5.69 Å².